The van der Waals surface area contributed by atoms with Crippen LogP contribution in [0.3, 0.4) is 0 Å². The predicted octanol–water partition coefficient (Wildman–Crippen LogP) is 4.47. The number of hydrogen-bond donors (Lipinski definition) is 0. The number of benzene rings is 2. The van der Waals surface area contributed by atoms with Gasteiger partial charge in [0, 0.05) is 12.1 Å². The molecule has 3 rings (SSSR count). The van der Waals surface area contributed by atoms with Gasteiger partial charge in [0.05, 0.1) is 12.0 Å². The van der Waals surface area contributed by atoms with Gasteiger partial charge in [0.2, 0.25) is 0 Å². The first kappa shape index (κ1) is 19.0. The highest BCUT2D eigenvalue weighted by atomic mass is 32.2. The smallest absolute Gasteiger partial charge is 0.293 e. The third-order valence-corrected chi connectivity index (χ3v) is 4.92. The molecule has 1 saturated heterocycles. The molecule has 0 unspecified atom stereocenters. The van der Waals surface area contributed by atoms with Crippen molar-refractivity contribution in [2.45, 2.75) is 13.5 Å². The van der Waals surface area contributed by atoms with Crippen LogP contribution < -0.4 is 9.47 Å². The Hall–Kier alpha value is -2.80. The van der Waals surface area contributed by atoms with E-state index in [2.05, 4.69) is 0 Å². The molecule has 1 aliphatic rings. The Balaban J connectivity index is 1.79. The zero-order valence-corrected chi connectivity index (χ0v) is 15.7. The number of ether oxygens (including phenoxy) is 2. The standard InChI is InChI=1S/C20H18FNO4S/c1-3-22-19(23)18(27-20(22)24)11-13-8-9-16(17(10-13)25-2)26-12-14-6-4-5-7-15(14)21/h4-11H,3,12H2,1-2H3. The maximum absolute atomic E-state index is 13.7. The molecule has 2 amide bonds. The van der Waals surface area contributed by atoms with Gasteiger partial charge in [-0.1, -0.05) is 24.3 Å². The number of nitrogens with zero attached hydrogens (tertiary/aromatic N) is 1. The molecule has 7 heteroatoms. The molecule has 0 aliphatic carbocycles. The minimum atomic E-state index is -0.334. The third kappa shape index (κ3) is 4.14. The lowest BCUT2D eigenvalue weighted by atomic mass is 10.1. The number of thioether (sulfide) groups is 1. The van der Waals surface area contributed by atoms with Gasteiger partial charge in [0.25, 0.3) is 11.1 Å². The van der Waals surface area contributed by atoms with Gasteiger partial charge in [-0.3, -0.25) is 14.5 Å². The van der Waals surface area contributed by atoms with E-state index in [0.29, 0.717) is 34.1 Å². The summed E-state index contributed by atoms with van der Waals surface area (Å²) in [5, 5.41) is -0.273. The molecular weight excluding hydrogens is 369 g/mol. The van der Waals surface area contributed by atoms with Crippen molar-refractivity contribution >= 4 is 29.0 Å². The summed E-state index contributed by atoms with van der Waals surface area (Å²) in [7, 11) is 1.50. The van der Waals surface area contributed by atoms with Crippen LogP contribution in [0.4, 0.5) is 9.18 Å². The van der Waals surface area contributed by atoms with E-state index in [-0.39, 0.29) is 23.6 Å². The summed E-state index contributed by atoms with van der Waals surface area (Å²) < 4.78 is 24.7. The molecule has 0 saturated carbocycles. The average molecular weight is 387 g/mol. The first-order chi connectivity index (χ1) is 13.0. The number of halogens is 1. The number of carbonyl (C=O) groups excluding carboxylic acids is 2. The summed E-state index contributed by atoms with van der Waals surface area (Å²) in [6.07, 6.45) is 1.64. The van der Waals surface area contributed by atoms with E-state index in [0.717, 1.165) is 11.8 Å². The minimum absolute atomic E-state index is 0.0672. The lowest BCUT2D eigenvalue weighted by Crippen LogP contribution is -2.27. The molecule has 1 heterocycles. The van der Waals surface area contributed by atoms with Crippen molar-refractivity contribution in [3.05, 3.63) is 64.3 Å². The molecule has 140 valence electrons. The summed E-state index contributed by atoms with van der Waals surface area (Å²) in [5.41, 5.74) is 1.14. The number of imide groups is 1. The topological polar surface area (TPSA) is 55.8 Å². The van der Waals surface area contributed by atoms with E-state index in [4.69, 9.17) is 9.47 Å². The average Bonchev–Trinajstić information content (AvgIpc) is 2.94. The van der Waals surface area contributed by atoms with Crippen LogP contribution in [-0.4, -0.2) is 29.7 Å². The molecule has 1 aliphatic heterocycles. The quantitative estimate of drug-likeness (QED) is 0.685. The molecular formula is C20H18FNO4S. The van der Waals surface area contributed by atoms with Crippen molar-refractivity contribution in [2.24, 2.45) is 0 Å². The lowest BCUT2D eigenvalue weighted by molar-refractivity contribution is -0.122. The Labute approximate surface area is 160 Å². The summed E-state index contributed by atoms with van der Waals surface area (Å²) in [5.74, 6) is 0.278. The number of amides is 2. The fraction of sp³-hybridized carbons (Fsp3) is 0.200. The van der Waals surface area contributed by atoms with Crippen LogP contribution in [-0.2, 0) is 11.4 Å². The molecule has 0 bridgehead atoms. The molecule has 0 atom stereocenters. The van der Waals surface area contributed by atoms with Crippen molar-refractivity contribution in [1.82, 2.24) is 4.90 Å². The summed E-state index contributed by atoms with van der Waals surface area (Å²) in [4.78, 5) is 25.5. The van der Waals surface area contributed by atoms with Crippen LogP contribution in [0.15, 0.2) is 47.4 Å². The second kappa shape index (κ2) is 8.26. The highest BCUT2D eigenvalue weighted by Gasteiger charge is 2.33. The van der Waals surface area contributed by atoms with Crippen molar-refractivity contribution < 1.29 is 23.5 Å². The third-order valence-electron chi connectivity index (χ3n) is 4.02. The molecule has 27 heavy (non-hydrogen) atoms. The van der Waals surface area contributed by atoms with Crippen molar-refractivity contribution in [1.29, 1.82) is 0 Å². The van der Waals surface area contributed by atoms with Crippen molar-refractivity contribution in [2.75, 3.05) is 13.7 Å². The Bertz CT molecular complexity index is 913. The molecule has 1 fully saturated rings. The van der Waals surface area contributed by atoms with Crippen LogP contribution in [0.5, 0.6) is 11.5 Å². The first-order valence-electron chi connectivity index (χ1n) is 8.33. The summed E-state index contributed by atoms with van der Waals surface area (Å²) in [6, 6.07) is 11.5. The van der Waals surface area contributed by atoms with Gasteiger partial charge in [0.1, 0.15) is 12.4 Å². The van der Waals surface area contributed by atoms with Crippen LogP contribution in [0.2, 0.25) is 0 Å². The van der Waals surface area contributed by atoms with Gasteiger partial charge < -0.3 is 9.47 Å². The number of carbonyl (C=O) groups is 2. The largest absolute Gasteiger partial charge is 0.493 e. The van der Waals surface area contributed by atoms with Crippen LogP contribution in [0, 0.1) is 5.82 Å². The molecule has 0 N–H and O–H groups in total. The number of methoxy groups -OCH3 is 1. The molecule has 0 radical (unpaired) electrons. The van der Waals surface area contributed by atoms with Crippen LogP contribution in [0.1, 0.15) is 18.1 Å². The molecule has 0 spiro atoms. The number of hydrogen-bond acceptors (Lipinski definition) is 5. The Morgan fingerprint density at radius 3 is 2.59 bits per heavy atom. The van der Waals surface area contributed by atoms with Gasteiger partial charge in [-0.25, -0.2) is 4.39 Å². The Kier molecular flexibility index (Phi) is 5.81. The van der Waals surface area contributed by atoms with Gasteiger partial charge in [0.15, 0.2) is 11.5 Å². The number of rotatable bonds is 6. The molecule has 2 aromatic carbocycles. The summed E-state index contributed by atoms with van der Waals surface area (Å²) in [6.45, 7) is 2.16. The fourth-order valence-corrected chi connectivity index (χ4v) is 3.49. The van der Waals surface area contributed by atoms with Gasteiger partial charge >= 0.3 is 0 Å². The Morgan fingerprint density at radius 1 is 1.15 bits per heavy atom. The summed E-state index contributed by atoms with van der Waals surface area (Å²) >= 11 is 0.913. The highest BCUT2D eigenvalue weighted by Crippen LogP contribution is 2.34. The second-order valence-electron chi connectivity index (χ2n) is 5.72. The van der Waals surface area contributed by atoms with Crippen molar-refractivity contribution in [3.8, 4) is 11.5 Å². The Morgan fingerprint density at radius 2 is 1.93 bits per heavy atom. The zero-order valence-electron chi connectivity index (χ0n) is 14.9. The zero-order chi connectivity index (χ0) is 19.4. The number of likely N-dealkylation sites (N-methyl/N-ethyl adjacent to an activating group) is 1. The second-order valence-corrected chi connectivity index (χ2v) is 6.71. The van der Waals surface area contributed by atoms with E-state index in [1.165, 1.54) is 18.1 Å². The van der Waals surface area contributed by atoms with Gasteiger partial charge in [-0.05, 0) is 48.5 Å². The van der Waals surface area contributed by atoms with Crippen LogP contribution >= 0.6 is 11.8 Å². The first-order valence-corrected chi connectivity index (χ1v) is 9.14. The van der Waals surface area contributed by atoms with Crippen LogP contribution in [0.25, 0.3) is 6.08 Å². The maximum Gasteiger partial charge on any atom is 0.293 e. The SMILES string of the molecule is CCN1C(=O)SC(=Cc2ccc(OCc3ccccc3F)c(OC)c2)C1=O. The van der Waals surface area contributed by atoms with Gasteiger partial charge in [-0.15, -0.1) is 0 Å². The normalized spacial score (nSPS) is 15.5. The fourth-order valence-electron chi connectivity index (χ4n) is 2.59. The predicted molar refractivity (Wildman–Crippen MR) is 102 cm³/mol. The highest BCUT2D eigenvalue weighted by molar-refractivity contribution is 8.18. The molecule has 2 aromatic rings. The van der Waals surface area contributed by atoms with Crippen molar-refractivity contribution in [3.63, 3.8) is 0 Å². The molecule has 0 aromatic heterocycles. The van der Waals surface area contributed by atoms with E-state index in [1.54, 1.807) is 49.4 Å². The van der Waals surface area contributed by atoms with E-state index in [1.807, 2.05) is 0 Å². The monoisotopic (exact) mass is 387 g/mol. The maximum atomic E-state index is 13.7. The van der Waals surface area contributed by atoms with E-state index >= 15 is 0 Å². The van der Waals surface area contributed by atoms with E-state index < -0.39 is 0 Å². The lowest BCUT2D eigenvalue weighted by Gasteiger charge is -2.12. The minimum Gasteiger partial charge on any atom is -0.493 e. The molecule has 5 nitrogen and oxygen atoms in total. The van der Waals surface area contributed by atoms with E-state index in [9.17, 15) is 14.0 Å². The van der Waals surface area contributed by atoms with Gasteiger partial charge in [-0.2, -0.15) is 0 Å².